The highest BCUT2D eigenvalue weighted by Gasteiger charge is 2.19. The summed E-state index contributed by atoms with van der Waals surface area (Å²) in [5, 5.41) is 12.8. The molecule has 0 aromatic heterocycles. The Hall–Kier alpha value is -2.12. The first kappa shape index (κ1) is 30.1. The van der Waals surface area contributed by atoms with Gasteiger partial charge in [0.2, 0.25) is 0 Å². The lowest BCUT2D eigenvalue weighted by molar-refractivity contribution is -0.144. The zero-order chi connectivity index (χ0) is 23.6. The summed E-state index contributed by atoms with van der Waals surface area (Å²) in [6.45, 7) is 16.2. The maximum absolute atomic E-state index is 11.8. The number of aliphatic hydroxyl groups is 1. The summed E-state index contributed by atoms with van der Waals surface area (Å²) in [5.74, 6) is -0.351. The fourth-order valence-corrected chi connectivity index (χ4v) is 2.29. The summed E-state index contributed by atoms with van der Waals surface area (Å²) in [4.78, 5) is 25.3. The summed E-state index contributed by atoms with van der Waals surface area (Å²) < 4.78 is 10.1. The van der Waals surface area contributed by atoms with Crippen molar-refractivity contribution in [3.63, 3.8) is 0 Å². The van der Waals surface area contributed by atoms with E-state index in [0.717, 1.165) is 5.56 Å². The predicted molar refractivity (Wildman–Crippen MR) is 121 cm³/mol. The van der Waals surface area contributed by atoms with E-state index >= 15 is 0 Å². The minimum Gasteiger partial charge on any atom is -0.465 e. The number of carbonyl (C=O) groups excluding carboxylic acids is 2. The zero-order valence-corrected chi connectivity index (χ0v) is 20.0. The van der Waals surface area contributed by atoms with E-state index in [4.69, 9.17) is 9.47 Å². The van der Waals surface area contributed by atoms with Crippen LogP contribution in [0.25, 0.3) is 0 Å². The van der Waals surface area contributed by atoms with Crippen LogP contribution in [-0.4, -0.2) is 60.0 Å². The first-order valence-electron chi connectivity index (χ1n) is 10.8. The van der Waals surface area contributed by atoms with Gasteiger partial charge in [-0.15, -0.1) is 0 Å². The highest BCUT2D eigenvalue weighted by molar-refractivity contribution is 5.71. The number of nitrogens with zero attached hydrogens (tertiary/aromatic N) is 1. The fraction of sp³-hybridized carbons (Fsp3) is 0.652. The molecule has 0 spiro atoms. The van der Waals surface area contributed by atoms with Crippen LogP contribution in [0.1, 0.15) is 61.0 Å². The molecule has 0 saturated heterocycles. The maximum Gasteiger partial charge on any atom is 0.407 e. The molecule has 0 aliphatic heterocycles. The van der Waals surface area contributed by atoms with Gasteiger partial charge in [-0.25, -0.2) is 4.79 Å². The van der Waals surface area contributed by atoms with Crippen LogP contribution in [-0.2, 0) is 20.8 Å². The van der Waals surface area contributed by atoms with Crippen molar-refractivity contribution in [1.82, 2.24) is 10.2 Å². The standard InChI is InChI=1S/C19H30N2O5.2C2H6/c1-5-25-17(23)14-21(12-15-9-7-6-8-10-15)13-16(22)11-20-18(24)26-19(2,3)4;2*1-2/h6-10,16,22H,5,11-14H2,1-4H3,(H,20,24);2*1-2H3. The number of esters is 1. The van der Waals surface area contributed by atoms with Gasteiger partial charge >= 0.3 is 12.1 Å². The summed E-state index contributed by atoms with van der Waals surface area (Å²) in [7, 11) is 0. The minimum atomic E-state index is -0.847. The molecule has 1 aromatic rings. The molecule has 0 saturated carbocycles. The summed E-state index contributed by atoms with van der Waals surface area (Å²) in [5.41, 5.74) is 0.419. The van der Waals surface area contributed by atoms with Crippen LogP contribution >= 0.6 is 0 Å². The third kappa shape index (κ3) is 16.8. The molecular weight excluding hydrogens is 384 g/mol. The molecule has 2 N–H and O–H groups in total. The van der Waals surface area contributed by atoms with E-state index < -0.39 is 17.8 Å². The SMILES string of the molecule is CC.CC.CCOC(=O)CN(Cc1ccccc1)CC(O)CNC(=O)OC(C)(C)C. The van der Waals surface area contributed by atoms with Gasteiger partial charge in [0, 0.05) is 19.6 Å². The average Bonchev–Trinajstić information content (AvgIpc) is 2.69. The molecule has 0 aliphatic carbocycles. The van der Waals surface area contributed by atoms with Gasteiger partial charge in [0.25, 0.3) is 0 Å². The van der Waals surface area contributed by atoms with E-state index in [1.165, 1.54) is 0 Å². The van der Waals surface area contributed by atoms with E-state index in [2.05, 4.69) is 5.32 Å². The number of nitrogens with one attached hydrogen (secondary N) is 1. The van der Waals surface area contributed by atoms with Gasteiger partial charge in [0.15, 0.2) is 0 Å². The second-order valence-electron chi connectivity index (χ2n) is 7.00. The van der Waals surface area contributed by atoms with Gasteiger partial charge in [0.05, 0.1) is 19.3 Å². The van der Waals surface area contributed by atoms with Crippen LogP contribution in [0.2, 0.25) is 0 Å². The molecule has 0 radical (unpaired) electrons. The quantitative estimate of drug-likeness (QED) is 0.581. The fourth-order valence-electron chi connectivity index (χ4n) is 2.29. The molecule has 1 amide bonds. The van der Waals surface area contributed by atoms with Crippen molar-refractivity contribution in [2.75, 3.05) is 26.2 Å². The Morgan fingerprint density at radius 2 is 1.67 bits per heavy atom. The second kappa shape index (κ2) is 17.7. The number of carbonyl (C=O) groups is 2. The third-order valence-electron chi connectivity index (χ3n) is 3.26. The minimum absolute atomic E-state index is 0.0308. The van der Waals surface area contributed by atoms with Crippen molar-refractivity contribution >= 4 is 12.1 Å². The lowest BCUT2D eigenvalue weighted by atomic mass is 10.2. The molecule has 30 heavy (non-hydrogen) atoms. The molecule has 1 aromatic carbocycles. The Morgan fingerprint density at radius 3 is 2.17 bits per heavy atom. The topological polar surface area (TPSA) is 88.1 Å². The normalized spacial score (nSPS) is 11.3. The average molecular weight is 427 g/mol. The smallest absolute Gasteiger partial charge is 0.407 e. The Bertz CT molecular complexity index is 558. The molecule has 0 fully saturated rings. The van der Waals surface area contributed by atoms with E-state index in [0.29, 0.717) is 13.2 Å². The number of amides is 1. The zero-order valence-electron chi connectivity index (χ0n) is 20.0. The Labute approximate surface area is 182 Å². The van der Waals surface area contributed by atoms with Crippen molar-refractivity contribution in [2.45, 2.75) is 73.6 Å². The monoisotopic (exact) mass is 426 g/mol. The molecular formula is C23H42N2O5. The van der Waals surface area contributed by atoms with Crippen molar-refractivity contribution in [1.29, 1.82) is 0 Å². The Morgan fingerprint density at radius 1 is 1.10 bits per heavy atom. The van der Waals surface area contributed by atoms with Crippen LogP contribution < -0.4 is 5.32 Å². The van der Waals surface area contributed by atoms with Crippen LogP contribution in [0.4, 0.5) is 4.79 Å². The van der Waals surface area contributed by atoms with E-state index in [1.807, 2.05) is 58.0 Å². The van der Waals surface area contributed by atoms with E-state index in [-0.39, 0.29) is 25.6 Å². The first-order valence-corrected chi connectivity index (χ1v) is 10.8. The molecule has 7 heteroatoms. The summed E-state index contributed by atoms with van der Waals surface area (Å²) in [6, 6.07) is 9.64. The van der Waals surface area contributed by atoms with Gasteiger partial charge in [0.1, 0.15) is 5.60 Å². The predicted octanol–water partition coefficient (Wildman–Crippen LogP) is 3.99. The molecule has 174 valence electrons. The van der Waals surface area contributed by atoms with Gasteiger partial charge in [-0.1, -0.05) is 58.0 Å². The van der Waals surface area contributed by atoms with Gasteiger partial charge in [-0.3, -0.25) is 9.69 Å². The second-order valence-corrected chi connectivity index (χ2v) is 7.00. The lowest BCUT2D eigenvalue weighted by Crippen LogP contribution is -2.43. The van der Waals surface area contributed by atoms with Crippen molar-refractivity contribution in [2.24, 2.45) is 0 Å². The van der Waals surface area contributed by atoms with Crippen LogP contribution in [0, 0.1) is 0 Å². The first-order chi connectivity index (χ1) is 14.2. The van der Waals surface area contributed by atoms with Crippen LogP contribution in [0.3, 0.4) is 0 Å². The number of aliphatic hydroxyl groups excluding tert-OH is 1. The number of rotatable bonds is 9. The molecule has 1 rings (SSSR count). The summed E-state index contributed by atoms with van der Waals surface area (Å²) in [6.07, 6.45) is -1.43. The van der Waals surface area contributed by atoms with Crippen LogP contribution in [0.5, 0.6) is 0 Å². The van der Waals surface area contributed by atoms with Crippen LogP contribution in [0.15, 0.2) is 30.3 Å². The molecule has 1 unspecified atom stereocenters. The number of hydrogen-bond donors (Lipinski definition) is 2. The number of alkyl carbamates (subject to hydrolysis) is 1. The number of hydrogen-bond acceptors (Lipinski definition) is 6. The molecule has 1 atom stereocenters. The number of benzene rings is 1. The van der Waals surface area contributed by atoms with E-state index in [9.17, 15) is 14.7 Å². The van der Waals surface area contributed by atoms with Gasteiger partial charge in [-0.05, 0) is 33.3 Å². The lowest BCUT2D eigenvalue weighted by Gasteiger charge is -2.25. The summed E-state index contributed by atoms with van der Waals surface area (Å²) >= 11 is 0. The van der Waals surface area contributed by atoms with Crippen molar-refractivity contribution in [3.8, 4) is 0 Å². The highest BCUT2D eigenvalue weighted by atomic mass is 16.6. The Balaban J connectivity index is 0. The highest BCUT2D eigenvalue weighted by Crippen LogP contribution is 2.07. The van der Waals surface area contributed by atoms with Gasteiger partial charge < -0.3 is 19.9 Å². The maximum atomic E-state index is 11.8. The largest absolute Gasteiger partial charge is 0.465 e. The van der Waals surface area contributed by atoms with Gasteiger partial charge in [-0.2, -0.15) is 0 Å². The molecule has 0 aliphatic rings. The van der Waals surface area contributed by atoms with E-state index in [1.54, 1.807) is 32.6 Å². The number of ether oxygens (including phenoxy) is 2. The molecule has 0 bridgehead atoms. The Kier molecular flexibility index (Phi) is 17.8. The third-order valence-corrected chi connectivity index (χ3v) is 3.26. The van der Waals surface area contributed by atoms with Crippen molar-refractivity contribution < 1.29 is 24.2 Å². The molecule has 7 nitrogen and oxygen atoms in total. The molecule has 0 heterocycles. The van der Waals surface area contributed by atoms with Crippen molar-refractivity contribution in [3.05, 3.63) is 35.9 Å².